The summed E-state index contributed by atoms with van der Waals surface area (Å²) in [6, 6.07) is 1.39. The van der Waals surface area contributed by atoms with Crippen LogP contribution in [-0.4, -0.2) is 9.78 Å². The van der Waals surface area contributed by atoms with Crippen LogP contribution in [0.3, 0.4) is 0 Å². The lowest BCUT2D eigenvalue weighted by Crippen LogP contribution is -2.08. The van der Waals surface area contributed by atoms with Crippen LogP contribution in [0.2, 0.25) is 0 Å². The lowest BCUT2D eigenvalue weighted by Gasteiger charge is -2.03. The maximum Gasteiger partial charge on any atom is 0.288 e. The molecule has 0 aromatic carbocycles. The van der Waals surface area contributed by atoms with Crippen LogP contribution in [0.15, 0.2) is 18.7 Å². The molecule has 0 aliphatic heterocycles. The molecule has 0 aliphatic rings. The van der Waals surface area contributed by atoms with Gasteiger partial charge in [-0.25, -0.2) is 0 Å². The van der Waals surface area contributed by atoms with Crippen molar-refractivity contribution in [1.29, 1.82) is 0 Å². The number of halogens is 2. The first-order valence-corrected chi connectivity index (χ1v) is 6.29. The first-order chi connectivity index (χ1) is 8.32. The number of hydrogen-bond donors (Lipinski definition) is 0. The van der Waals surface area contributed by atoms with Crippen LogP contribution in [0.5, 0.6) is 0 Å². The highest BCUT2D eigenvalue weighted by Crippen LogP contribution is 2.25. The van der Waals surface area contributed by atoms with Crippen molar-refractivity contribution in [2.24, 2.45) is 7.05 Å². The maximum absolute atomic E-state index is 12.6. The summed E-state index contributed by atoms with van der Waals surface area (Å²) >= 11 is 0. The molecule has 0 N–H and O–H groups in total. The highest BCUT2D eigenvalue weighted by Gasteiger charge is 2.27. The third-order valence-corrected chi connectivity index (χ3v) is 1.56. The minimum atomic E-state index is -2.83. The van der Waals surface area contributed by atoms with Crippen molar-refractivity contribution in [1.82, 2.24) is 9.78 Å². The van der Waals surface area contributed by atoms with Crippen LogP contribution in [-0.2, 0) is 13.0 Å². The molecule has 0 fully saturated rings. The van der Waals surface area contributed by atoms with Gasteiger partial charge in [-0.15, -0.1) is 6.58 Å². The number of alkyl halides is 2. The second-order valence-corrected chi connectivity index (χ2v) is 3.09. The average molecular weight is 262 g/mol. The van der Waals surface area contributed by atoms with E-state index in [-0.39, 0.29) is 5.69 Å². The Morgan fingerprint density at radius 3 is 1.72 bits per heavy atom. The molecule has 2 nitrogen and oxygen atoms in total. The molecule has 0 radical (unpaired) electrons. The third-order valence-electron chi connectivity index (χ3n) is 1.56. The van der Waals surface area contributed by atoms with E-state index in [2.05, 4.69) is 11.7 Å². The number of nitrogens with zero attached hydrogens (tertiary/aromatic N) is 2. The fourth-order valence-corrected chi connectivity index (χ4v) is 0.775. The van der Waals surface area contributed by atoms with Gasteiger partial charge >= 0.3 is 0 Å². The van der Waals surface area contributed by atoms with Gasteiger partial charge in [-0.1, -0.05) is 33.8 Å². The van der Waals surface area contributed by atoms with Crippen LogP contribution < -0.4 is 0 Å². The molecule has 4 heteroatoms. The predicted molar refractivity (Wildman–Crippen MR) is 76.1 cm³/mol. The summed E-state index contributed by atoms with van der Waals surface area (Å²) in [5, 5.41) is 3.65. The van der Waals surface area contributed by atoms with Crippen LogP contribution in [0.25, 0.3) is 0 Å². The average Bonchev–Trinajstić information content (AvgIpc) is 2.66. The molecular formula is C14H28F2N2. The molecule has 18 heavy (non-hydrogen) atoms. The standard InChI is InChI=1S/C7H10F2N2.C3H6.2C2H6/c1-5-4-6(7(2,8)9)10-11(5)3;1-3-2;2*1-2/h4H,1-3H3;3H,1H2,2H3;2*1-2H3. The number of aryl methyl sites for hydroxylation is 2. The summed E-state index contributed by atoms with van der Waals surface area (Å²) in [5.41, 5.74) is 0.569. The van der Waals surface area contributed by atoms with Gasteiger partial charge in [0.05, 0.1) is 0 Å². The smallest absolute Gasteiger partial charge is 0.272 e. The topological polar surface area (TPSA) is 17.8 Å². The normalized spacial score (nSPS) is 8.78. The van der Waals surface area contributed by atoms with E-state index in [1.165, 1.54) is 10.7 Å². The van der Waals surface area contributed by atoms with Crippen LogP contribution in [0.1, 0.15) is 52.9 Å². The molecule has 0 bridgehead atoms. The summed E-state index contributed by atoms with van der Waals surface area (Å²) in [6.07, 6.45) is 1.75. The van der Waals surface area contributed by atoms with Crippen molar-refractivity contribution >= 4 is 0 Å². The Balaban J connectivity index is -0.000000274. The van der Waals surface area contributed by atoms with Gasteiger partial charge in [-0.2, -0.15) is 13.9 Å². The predicted octanol–water partition coefficient (Wildman–Crippen LogP) is 5.08. The molecular weight excluding hydrogens is 234 g/mol. The molecule has 0 saturated heterocycles. The van der Waals surface area contributed by atoms with Gasteiger partial charge in [0.1, 0.15) is 5.69 Å². The molecule has 0 saturated carbocycles. The summed E-state index contributed by atoms with van der Waals surface area (Å²) < 4.78 is 26.6. The number of hydrogen-bond acceptors (Lipinski definition) is 1. The number of aromatic nitrogens is 2. The van der Waals surface area contributed by atoms with E-state index in [0.717, 1.165) is 12.6 Å². The van der Waals surface area contributed by atoms with Gasteiger partial charge in [0.15, 0.2) is 0 Å². The summed E-state index contributed by atoms with van der Waals surface area (Å²) in [5.74, 6) is -2.83. The first-order valence-electron chi connectivity index (χ1n) is 6.29. The van der Waals surface area contributed by atoms with Crippen LogP contribution in [0.4, 0.5) is 8.78 Å². The zero-order valence-electron chi connectivity index (χ0n) is 13.0. The molecule has 0 atom stereocenters. The lowest BCUT2D eigenvalue weighted by atomic mass is 10.2. The SMILES string of the molecule is C=CC.CC.CC.Cc1cc(C(C)(F)F)nn1C. The minimum Gasteiger partial charge on any atom is -0.272 e. The van der Waals surface area contributed by atoms with Crippen molar-refractivity contribution in [3.05, 3.63) is 30.1 Å². The Morgan fingerprint density at radius 1 is 1.28 bits per heavy atom. The van der Waals surface area contributed by atoms with E-state index in [0.29, 0.717) is 0 Å². The quantitative estimate of drug-likeness (QED) is 0.645. The second kappa shape index (κ2) is 12.3. The van der Waals surface area contributed by atoms with E-state index in [4.69, 9.17) is 0 Å². The van der Waals surface area contributed by atoms with Crippen molar-refractivity contribution in [3.8, 4) is 0 Å². The molecule has 1 aromatic rings. The van der Waals surface area contributed by atoms with Gasteiger partial charge in [0, 0.05) is 19.7 Å². The zero-order chi connectivity index (χ0) is 15.4. The van der Waals surface area contributed by atoms with E-state index >= 15 is 0 Å². The molecule has 0 unspecified atom stereocenters. The van der Waals surface area contributed by atoms with E-state index in [9.17, 15) is 8.78 Å². The van der Waals surface area contributed by atoms with Crippen molar-refractivity contribution in [2.75, 3.05) is 0 Å². The van der Waals surface area contributed by atoms with Crippen molar-refractivity contribution in [3.63, 3.8) is 0 Å². The first kappa shape index (κ1) is 22.0. The Bertz CT molecular complexity index is 280. The molecule has 1 aromatic heterocycles. The second-order valence-electron chi connectivity index (χ2n) is 3.09. The minimum absolute atomic E-state index is 0.169. The zero-order valence-corrected chi connectivity index (χ0v) is 13.0. The molecule has 1 heterocycles. The molecule has 108 valence electrons. The van der Waals surface area contributed by atoms with E-state index < -0.39 is 5.92 Å². The molecule has 0 spiro atoms. The van der Waals surface area contributed by atoms with Crippen LogP contribution >= 0.6 is 0 Å². The number of rotatable bonds is 1. The fraction of sp³-hybridized carbons (Fsp3) is 0.643. The fourth-order valence-electron chi connectivity index (χ4n) is 0.775. The Morgan fingerprint density at radius 2 is 1.61 bits per heavy atom. The van der Waals surface area contributed by atoms with Gasteiger partial charge in [-0.05, 0) is 19.9 Å². The van der Waals surface area contributed by atoms with Gasteiger partial charge in [0.2, 0.25) is 0 Å². The van der Waals surface area contributed by atoms with E-state index in [1.807, 2.05) is 34.6 Å². The Labute approximate surface area is 111 Å². The summed E-state index contributed by atoms with van der Waals surface area (Å²) in [4.78, 5) is 0. The highest BCUT2D eigenvalue weighted by molar-refractivity contribution is 5.12. The summed E-state index contributed by atoms with van der Waals surface area (Å²) in [7, 11) is 1.64. The monoisotopic (exact) mass is 262 g/mol. The largest absolute Gasteiger partial charge is 0.288 e. The Hall–Kier alpha value is -1.19. The van der Waals surface area contributed by atoms with Crippen LogP contribution in [0, 0.1) is 6.92 Å². The lowest BCUT2D eigenvalue weighted by molar-refractivity contribution is 0.0122. The number of allylic oxidation sites excluding steroid dienone is 1. The maximum atomic E-state index is 12.6. The summed E-state index contributed by atoms with van der Waals surface area (Å²) in [6.45, 7) is 15.8. The third kappa shape index (κ3) is 10.00. The van der Waals surface area contributed by atoms with E-state index in [1.54, 1.807) is 20.0 Å². The van der Waals surface area contributed by atoms with Gasteiger partial charge in [0.25, 0.3) is 5.92 Å². The molecule has 0 aliphatic carbocycles. The highest BCUT2D eigenvalue weighted by atomic mass is 19.3. The Kier molecular flexibility index (Phi) is 15.0. The van der Waals surface area contributed by atoms with Gasteiger partial charge in [-0.3, -0.25) is 4.68 Å². The molecule has 0 amide bonds. The van der Waals surface area contributed by atoms with Crippen molar-refractivity contribution < 1.29 is 8.78 Å². The van der Waals surface area contributed by atoms with Crippen molar-refractivity contribution in [2.45, 2.75) is 54.4 Å². The van der Waals surface area contributed by atoms with Gasteiger partial charge < -0.3 is 0 Å². The molecule has 1 rings (SSSR count).